The Balaban J connectivity index is 2.00. The lowest BCUT2D eigenvalue weighted by atomic mass is 9.66. The van der Waals surface area contributed by atoms with E-state index < -0.39 is 5.41 Å². The van der Waals surface area contributed by atoms with Gasteiger partial charge in [-0.15, -0.1) is 0 Å². The molecule has 0 bridgehead atoms. The first kappa shape index (κ1) is 19.0. The minimum absolute atomic E-state index is 0.143. The Morgan fingerprint density at radius 1 is 1.26 bits per heavy atom. The zero-order chi connectivity index (χ0) is 19.3. The molecule has 1 aliphatic rings. The highest BCUT2D eigenvalue weighted by molar-refractivity contribution is 6.20. The Morgan fingerprint density at radius 2 is 2.07 bits per heavy atom. The summed E-state index contributed by atoms with van der Waals surface area (Å²) in [6.45, 7) is 0.977. The lowest BCUT2D eigenvalue weighted by Gasteiger charge is -2.35. The van der Waals surface area contributed by atoms with Crippen LogP contribution in [0.5, 0.6) is 0 Å². The molecule has 5 nitrogen and oxygen atoms in total. The smallest absolute Gasteiger partial charge is 0.177 e. The van der Waals surface area contributed by atoms with Gasteiger partial charge in [-0.2, -0.15) is 0 Å². The summed E-state index contributed by atoms with van der Waals surface area (Å²) in [6.07, 6.45) is 10.7. The standard InChI is InChI=1S/C22H26N4O/c1-25-13-6-2-3-9-17-10-7-12-20(27)22(17,21(23)24)18-14-16-8-4-5-11-19(16)26-15-18/h4-5,7-8,10-12,14-15,25H,2-3,6,9,13H2,1H3,(H3,23,24). The number of benzene rings is 1. The van der Waals surface area contributed by atoms with Gasteiger partial charge in [-0.05, 0) is 62.2 Å². The van der Waals surface area contributed by atoms with E-state index in [4.69, 9.17) is 11.1 Å². The number of aromatic nitrogens is 1. The van der Waals surface area contributed by atoms with Crippen molar-refractivity contribution in [2.45, 2.75) is 31.1 Å². The van der Waals surface area contributed by atoms with E-state index in [1.165, 1.54) is 6.08 Å². The summed E-state index contributed by atoms with van der Waals surface area (Å²) >= 11 is 0. The number of pyridine rings is 1. The second-order valence-electron chi connectivity index (χ2n) is 6.91. The first-order valence-electron chi connectivity index (χ1n) is 9.37. The Kier molecular flexibility index (Phi) is 5.81. The third kappa shape index (κ3) is 3.55. The molecule has 0 radical (unpaired) electrons. The number of nitrogens with two attached hydrogens (primary N) is 1. The minimum Gasteiger partial charge on any atom is -0.386 e. The zero-order valence-electron chi connectivity index (χ0n) is 15.7. The topological polar surface area (TPSA) is 91.9 Å². The lowest BCUT2D eigenvalue weighted by Crippen LogP contribution is -2.49. The van der Waals surface area contributed by atoms with E-state index in [0.717, 1.165) is 48.7 Å². The summed E-state index contributed by atoms with van der Waals surface area (Å²) in [7, 11) is 1.95. The maximum absolute atomic E-state index is 13.1. The van der Waals surface area contributed by atoms with Gasteiger partial charge in [-0.1, -0.05) is 36.8 Å². The number of unbranched alkanes of at least 4 members (excludes halogenated alkanes) is 2. The molecule has 4 N–H and O–H groups in total. The van der Waals surface area contributed by atoms with Gasteiger partial charge < -0.3 is 11.1 Å². The van der Waals surface area contributed by atoms with E-state index in [9.17, 15) is 4.79 Å². The van der Waals surface area contributed by atoms with Crippen molar-refractivity contribution in [3.05, 3.63) is 65.9 Å². The van der Waals surface area contributed by atoms with Crippen LogP contribution in [0.2, 0.25) is 0 Å². The molecular weight excluding hydrogens is 336 g/mol. The number of fused-ring (bicyclic) bond motifs is 1. The second-order valence-corrected chi connectivity index (χ2v) is 6.91. The molecule has 1 aromatic heterocycles. The van der Waals surface area contributed by atoms with Crippen LogP contribution < -0.4 is 11.1 Å². The molecule has 140 valence electrons. The summed E-state index contributed by atoms with van der Waals surface area (Å²) in [6, 6.07) is 9.70. The average Bonchev–Trinajstić information content (AvgIpc) is 2.67. The molecule has 0 spiro atoms. The van der Waals surface area contributed by atoms with Crippen LogP contribution in [0.15, 0.2) is 60.3 Å². The summed E-state index contributed by atoms with van der Waals surface area (Å²) in [5.74, 6) is -0.310. The molecule has 2 aromatic rings. The first-order valence-corrected chi connectivity index (χ1v) is 9.37. The monoisotopic (exact) mass is 362 g/mol. The van der Waals surface area contributed by atoms with Crippen LogP contribution >= 0.6 is 0 Å². The van der Waals surface area contributed by atoms with Crippen molar-refractivity contribution in [1.29, 1.82) is 5.41 Å². The molecule has 0 fully saturated rings. The lowest BCUT2D eigenvalue weighted by molar-refractivity contribution is -0.117. The van der Waals surface area contributed by atoms with E-state index in [1.54, 1.807) is 12.3 Å². The first-order chi connectivity index (χ1) is 13.1. The third-order valence-corrected chi connectivity index (χ3v) is 5.20. The van der Waals surface area contributed by atoms with Gasteiger partial charge in [-0.25, -0.2) is 0 Å². The van der Waals surface area contributed by atoms with Crippen LogP contribution in [-0.2, 0) is 10.2 Å². The molecule has 1 aromatic carbocycles. The average molecular weight is 362 g/mol. The molecule has 0 amide bonds. The number of rotatable bonds is 8. The maximum Gasteiger partial charge on any atom is 0.177 e. The predicted octanol–water partition coefficient (Wildman–Crippen LogP) is 3.25. The van der Waals surface area contributed by atoms with Crippen molar-refractivity contribution in [3.8, 4) is 0 Å². The second kappa shape index (κ2) is 8.27. The number of carbonyl (C=O) groups is 1. The fraction of sp³-hybridized carbons (Fsp3) is 0.318. The maximum atomic E-state index is 13.1. The van der Waals surface area contributed by atoms with Crippen molar-refractivity contribution < 1.29 is 4.79 Å². The Hall–Kier alpha value is -2.79. The van der Waals surface area contributed by atoms with Crippen LogP contribution in [0.1, 0.15) is 31.2 Å². The number of amidine groups is 1. The SMILES string of the molecule is CNCCCCCC1=CC=CC(=O)C1(C(=N)N)c1cnc2ccccc2c1. The number of hydrogen-bond acceptors (Lipinski definition) is 4. The van der Waals surface area contributed by atoms with E-state index in [2.05, 4.69) is 10.3 Å². The number of carbonyl (C=O) groups excluding carboxylic acids is 1. The zero-order valence-corrected chi connectivity index (χ0v) is 15.7. The van der Waals surface area contributed by atoms with Gasteiger partial charge in [0, 0.05) is 11.6 Å². The molecule has 0 saturated heterocycles. The normalized spacial score (nSPS) is 19.3. The fourth-order valence-electron chi connectivity index (χ4n) is 3.79. The van der Waals surface area contributed by atoms with Gasteiger partial charge >= 0.3 is 0 Å². The molecule has 27 heavy (non-hydrogen) atoms. The molecule has 1 heterocycles. The molecule has 0 aliphatic heterocycles. The Morgan fingerprint density at radius 3 is 2.85 bits per heavy atom. The van der Waals surface area contributed by atoms with Gasteiger partial charge in [0.25, 0.3) is 0 Å². The molecule has 1 aliphatic carbocycles. The van der Waals surface area contributed by atoms with E-state index in [-0.39, 0.29) is 11.6 Å². The number of nitrogens with one attached hydrogen (secondary N) is 2. The molecular formula is C22H26N4O. The van der Waals surface area contributed by atoms with Crippen molar-refractivity contribution in [1.82, 2.24) is 10.3 Å². The summed E-state index contributed by atoms with van der Waals surface area (Å²) in [4.78, 5) is 17.6. The molecule has 3 rings (SSSR count). The van der Waals surface area contributed by atoms with Crippen LogP contribution in [0.3, 0.4) is 0 Å². The molecule has 0 saturated carbocycles. The van der Waals surface area contributed by atoms with Gasteiger partial charge in [0.05, 0.1) is 5.52 Å². The highest BCUT2D eigenvalue weighted by Gasteiger charge is 2.46. The summed E-state index contributed by atoms with van der Waals surface area (Å²) in [5, 5.41) is 12.4. The number of ketones is 1. The van der Waals surface area contributed by atoms with Gasteiger partial charge in [0.1, 0.15) is 11.3 Å². The molecule has 1 unspecified atom stereocenters. The van der Waals surface area contributed by atoms with E-state index >= 15 is 0 Å². The highest BCUT2D eigenvalue weighted by Crippen LogP contribution is 2.39. The van der Waals surface area contributed by atoms with Crippen molar-refractivity contribution in [2.75, 3.05) is 13.6 Å². The van der Waals surface area contributed by atoms with Crippen LogP contribution in [0.4, 0.5) is 0 Å². The number of allylic oxidation sites excluding steroid dienone is 3. The largest absolute Gasteiger partial charge is 0.386 e. The van der Waals surface area contributed by atoms with Crippen LogP contribution in [0, 0.1) is 5.41 Å². The molecule has 5 heteroatoms. The van der Waals surface area contributed by atoms with Gasteiger partial charge in [0.2, 0.25) is 0 Å². The van der Waals surface area contributed by atoms with Gasteiger partial charge in [0.15, 0.2) is 5.78 Å². The predicted molar refractivity (Wildman–Crippen MR) is 110 cm³/mol. The fourth-order valence-corrected chi connectivity index (χ4v) is 3.79. The Labute approximate surface area is 159 Å². The van der Waals surface area contributed by atoms with E-state index in [0.29, 0.717) is 5.56 Å². The quantitative estimate of drug-likeness (QED) is 0.382. The van der Waals surface area contributed by atoms with E-state index in [1.807, 2.05) is 43.5 Å². The number of hydrogen-bond donors (Lipinski definition) is 3. The third-order valence-electron chi connectivity index (χ3n) is 5.20. The van der Waals surface area contributed by atoms with Crippen molar-refractivity contribution in [2.24, 2.45) is 5.73 Å². The Bertz CT molecular complexity index is 915. The van der Waals surface area contributed by atoms with Gasteiger partial charge in [-0.3, -0.25) is 15.2 Å². The van der Waals surface area contributed by atoms with Crippen molar-refractivity contribution >= 4 is 22.5 Å². The minimum atomic E-state index is -1.24. The van der Waals surface area contributed by atoms with Crippen LogP contribution in [-0.4, -0.2) is 30.2 Å². The summed E-state index contributed by atoms with van der Waals surface area (Å²) in [5.41, 5.74) is 7.23. The summed E-state index contributed by atoms with van der Waals surface area (Å²) < 4.78 is 0. The highest BCUT2D eigenvalue weighted by atomic mass is 16.1. The van der Waals surface area contributed by atoms with Crippen molar-refractivity contribution in [3.63, 3.8) is 0 Å². The molecule has 1 atom stereocenters. The number of nitrogens with zero attached hydrogens (tertiary/aromatic N) is 1. The van der Waals surface area contributed by atoms with Crippen LogP contribution in [0.25, 0.3) is 10.9 Å². The number of para-hydroxylation sites is 1.